The van der Waals surface area contributed by atoms with E-state index in [4.69, 9.17) is 0 Å². The molecule has 1 N–H and O–H groups in total. The van der Waals surface area contributed by atoms with Gasteiger partial charge < -0.3 is 10.0 Å². The molecule has 20 heavy (non-hydrogen) atoms. The second kappa shape index (κ2) is 7.16. The first kappa shape index (κ1) is 15.4. The third-order valence-electron chi connectivity index (χ3n) is 4.23. The lowest BCUT2D eigenvalue weighted by Gasteiger charge is -2.39. The Bertz CT molecular complexity index is 409. The van der Waals surface area contributed by atoms with E-state index in [0.717, 1.165) is 38.3 Å². The van der Waals surface area contributed by atoms with Crippen LogP contribution in [0.5, 0.6) is 0 Å². The van der Waals surface area contributed by atoms with Gasteiger partial charge in [-0.25, -0.2) is 4.39 Å². The number of piperazine rings is 1. The van der Waals surface area contributed by atoms with Gasteiger partial charge in [-0.1, -0.05) is 19.1 Å². The monoisotopic (exact) mass is 280 g/mol. The largest absolute Gasteiger partial charge is 0.388 e. The molecule has 0 aliphatic carbocycles. The van der Waals surface area contributed by atoms with Crippen LogP contribution in [-0.2, 0) is 0 Å². The smallest absolute Gasteiger partial charge is 0.123 e. The minimum atomic E-state index is -0.505. The Labute approximate surface area is 121 Å². The van der Waals surface area contributed by atoms with Crippen molar-refractivity contribution in [1.82, 2.24) is 9.80 Å². The standard InChI is InChI=1S/C16H25FN2O/c1-3-19-11-10-18(12-13(19)2)9-8-16(20)14-4-6-15(17)7-5-14/h4-7,13,16,20H,3,8-12H2,1-2H3. The maximum Gasteiger partial charge on any atom is 0.123 e. The maximum atomic E-state index is 12.8. The van der Waals surface area contributed by atoms with Crippen molar-refractivity contribution >= 4 is 0 Å². The Morgan fingerprint density at radius 1 is 1.30 bits per heavy atom. The number of nitrogens with zero attached hydrogens (tertiary/aromatic N) is 2. The third kappa shape index (κ3) is 4.01. The van der Waals surface area contributed by atoms with Crippen molar-refractivity contribution in [3.8, 4) is 0 Å². The summed E-state index contributed by atoms with van der Waals surface area (Å²) in [6.45, 7) is 9.67. The molecule has 0 aromatic heterocycles. The van der Waals surface area contributed by atoms with Gasteiger partial charge in [0.1, 0.15) is 5.82 Å². The van der Waals surface area contributed by atoms with E-state index in [-0.39, 0.29) is 5.82 Å². The van der Waals surface area contributed by atoms with E-state index >= 15 is 0 Å². The zero-order valence-electron chi connectivity index (χ0n) is 12.4. The van der Waals surface area contributed by atoms with Crippen LogP contribution in [0.3, 0.4) is 0 Å². The maximum absolute atomic E-state index is 12.8. The molecule has 0 bridgehead atoms. The average molecular weight is 280 g/mol. The van der Waals surface area contributed by atoms with Crippen LogP contribution in [0.25, 0.3) is 0 Å². The minimum absolute atomic E-state index is 0.259. The molecule has 4 heteroatoms. The van der Waals surface area contributed by atoms with Crippen LogP contribution in [0.2, 0.25) is 0 Å². The number of aliphatic hydroxyl groups excluding tert-OH is 1. The van der Waals surface area contributed by atoms with Gasteiger partial charge in [0.2, 0.25) is 0 Å². The fourth-order valence-electron chi connectivity index (χ4n) is 2.90. The van der Waals surface area contributed by atoms with Crippen molar-refractivity contribution in [3.63, 3.8) is 0 Å². The first-order chi connectivity index (χ1) is 9.60. The lowest BCUT2D eigenvalue weighted by atomic mass is 10.1. The molecule has 2 rings (SSSR count). The predicted molar refractivity (Wildman–Crippen MR) is 79.1 cm³/mol. The highest BCUT2D eigenvalue weighted by molar-refractivity contribution is 5.18. The molecular formula is C16H25FN2O. The van der Waals surface area contributed by atoms with Crippen LogP contribution in [0.15, 0.2) is 24.3 Å². The molecule has 0 spiro atoms. The Hall–Kier alpha value is -0.970. The molecule has 1 aromatic rings. The lowest BCUT2D eigenvalue weighted by Crippen LogP contribution is -2.51. The van der Waals surface area contributed by atoms with E-state index in [1.807, 2.05) is 0 Å². The summed E-state index contributed by atoms with van der Waals surface area (Å²) in [5, 5.41) is 10.1. The van der Waals surface area contributed by atoms with Crippen LogP contribution in [0.1, 0.15) is 31.9 Å². The number of halogens is 1. The fourth-order valence-corrected chi connectivity index (χ4v) is 2.90. The Morgan fingerprint density at radius 3 is 2.60 bits per heavy atom. The van der Waals surface area contributed by atoms with Crippen molar-refractivity contribution in [2.45, 2.75) is 32.4 Å². The molecule has 0 saturated carbocycles. The quantitative estimate of drug-likeness (QED) is 0.896. The molecule has 1 aromatic carbocycles. The highest BCUT2D eigenvalue weighted by Gasteiger charge is 2.22. The molecule has 1 heterocycles. The second-order valence-electron chi connectivity index (χ2n) is 5.63. The molecule has 3 nitrogen and oxygen atoms in total. The molecule has 2 atom stereocenters. The van der Waals surface area contributed by atoms with Gasteiger partial charge in [0.05, 0.1) is 6.10 Å². The van der Waals surface area contributed by atoms with Gasteiger partial charge in [-0.15, -0.1) is 0 Å². The van der Waals surface area contributed by atoms with Crippen molar-refractivity contribution in [3.05, 3.63) is 35.6 Å². The van der Waals surface area contributed by atoms with Gasteiger partial charge in [0.25, 0.3) is 0 Å². The van der Waals surface area contributed by atoms with Crippen LogP contribution in [-0.4, -0.2) is 53.7 Å². The molecule has 2 unspecified atom stereocenters. The van der Waals surface area contributed by atoms with Crippen molar-refractivity contribution in [2.75, 3.05) is 32.7 Å². The molecule has 1 fully saturated rings. The Morgan fingerprint density at radius 2 is 2.00 bits per heavy atom. The molecule has 1 aliphatic rings. The first-order valence-electron chi connectivity index (χ1n) is 7.50. The van der Waals surface area contributed by atoms with E-state index in [9.17, 15) is 9.50 Å². The summed E-state index contributed by atoms with van der Waals surface area (Å²) in [7, 11) is 0. The van der Waals surface area contributed by atoms with Crippen molar-refractivity contribution in [2.24, 2.45) is 0 Å². The van der Waals surface area contributed by atoms with E-state index in [2.05, 4.69) is 23.6 Å². The summed E-state index contributed by atoms with van der Waals surface area (Å²) in [5.41, 5.74) is 0.798. The summed E-state index contributed by atoms with van der Waals surface area (Å²) < 4.78 is 12.8. The lowest BCUT2D eigenvalue weighted by molar-refractivity contribution is 0.0718. The van der Waals surface area contributed by atoms with Crippen molar-refractivity contribution in [1.29, 1.82) is 0 Å². The summed E-state index contributed by atoms with van der Waals surface area (Å²) in [5.74, 6) is -0.259. The number of hydrogen-bond acceptors (Lipinski definition) is 3. The highest BCUT2D eigenvalue weighted by Crippen LogP contribution is 2.18. The molecule has 1 saturated heterocycles. The number of benzene rings is 1. The number of hydrogen-bond donors (Lipinski definition) is 1. The molecule has 0 amide bonds. The van der Waals surface area contributed by atoms with Gasteiger partial charge in [0, 0.05) is 32.2 Å². The van der Waals surface area contributed by atoms with E-state index in [1.165, 1.54) is 12.1 Å². The molecule has 1 aliphatic heterocycles. The van der Waals surface area contributed by atoms with Crippen LogP contribution >= 0.6 is 0 Å². The second-order valence-corrected chi connectivity index (χ2v) is 5.63. The van der Waals surface area contributed by atoms with E-state index in [0.29, 0.717) is 12.5 Å². The number of likely N-dealkylation sites (N-methyl/N-ethyl adjacent to an activating group) is 1. The van der Waals surface area contributed by atoms with Crippen LogP contribution in [0.4, 0.5) is 4.39 Å². The number of aliphatic hydroxyl groups is 1. The fraction of sp³-hybridized carbons (Fsp3) is 0.625. The van der Waals surface area contributed by atoms with E-state index < -0.39 is 6.10 Å². The zero-order chi connectivity index (χ0) is 14.5. The normalized spacial score (nSPS) is 22.9. The van der Waals surface area contributed by atoms with Gasteiger partial charge in [-0.05, 0) is 37.6 Å². The average Bonchev–Trinajstić information content (AvgIpc) is 2.45. The number of rotatable bonds is 5. The molecule has 0 radical (unpaired) electrons. The van der Waals surface area contributed by atoms with Crippen molar-refractivity contribution < 1.29 is 9.50 Å². The molecular weight excluding hydrogens is 255 g/mol. The summed E-state index contributed by atoms with van der Waals surface area (Å²) in [6, 6.07) is 6.72. The van der Waals surface area contributed by atoms with Gasteiger partial charge in [-0.2, -0.15) is 0 Å². The van der Waals surface area contributed by atoms with Gasteiger partial charge >= 0.3 is 0 Å². The predicted octanol–water partition coefficient (Wildman–Crippen LogP) is 2.28. The summed E-state index contributed by atoms with van der Waals surface area (Å²) in [4.78, 5) is 4.89. The Kier molecular flexibility index (Phi) is 5.52. The highest BCUT2D eigenvalue weighted by atomic mass is 19.1. The minimum Gasteiger partial charge on any atom is -0.388 e. The first-order valence-corrected chi connectivity index (χ1v) is 7.50. The summed E-state index contributed by atoms with van der Waals surface area (Å²) in [6.07, 6.45) is 0.194. The third-order valence-corrected chi connectivity index (χ3v) is 4.23. The van der Waals surface area contributed by atoms with E-state index in [1.54, 1.807) is 12.1 Å². The zero-order valence-corrected chi connectivity index (χ0v) is 12.4. The topological polar surface area (TPSA) is 26.7 Å². The van der Waals surface area contributed by atoms with Crippen LogP contribution in [0, 0.1) is 5.82 Å². The van der Waals surface area contributed by atoms with Gasteiger partial charge in [-0.3, -0.25) is 4.90 Å². The Balaban J connectivity index is 1.79. The summed E-state index contributed by atoms with van der Waals surface area (Å²) >= 11 is 0. The van der Waals surface area contributed by atoms with Gasteiger partial charge in [0.15, 0.2) is 0 Å². The SMILES string of the molecule is CCN1CCN(CCC(O)c2ccc(F)cc2)CC1C. The van der Waals surface area contributed by atoms with Crippen LogP contribution < -0.4 is 0 Å². The molecule has 112 valence electrons.